The van der Waals surface area contributed by atoms with Gasteiger partial charge >= 0.3 is 0 Å². The second kappa shape index (κ2) is 7.95. The van der Waals surface area contributed by atoms with Crippen LogP contribution in [0.1, 0.15) is 22.6 Å². The maximum Gasteiger partial charge on any atom is 0.230 e. The van der Waals surface area contributed by atoms with Gasteiger partial charge in [-0.2, -0.15) is 5.26 Å². The van der Waals surface area contributed by atoms with Crippen LogP contribution >= 0.6 is 23.4 Å². The van der Waals surface area contributed by atoms with Crippen LogP contribution < -0.4 is 5.32 Å². The van der Waals surface area contributed by atoms with E-state index in [0.717, 1.165) is 5.56 Å². The summed E-state index contributed by atoms with van der Waals surface area (Å²) in [6.07, 6.45) is 0. The van der Waals surface area contributed by atoms with Crippen LogP contribution in [0.4, 0.5) is 0 Å². The standard InChI is InChI=1S/C16H15ClN4OS/c1-10-14(7-18)16(21-11(2)20-10)23-9-15(22)19-8-12-4-3-5-13(17)6-12/h3-6H,8-9H2,1-2H3,(H,19,22). The highest BCUT2D eigenvalue weighted by Crippen LogP contribution is 2.21. The number of nitriles is 1. The fourth-order valence-corrected chi connectivity index (χ4v) is 3.06. The summed E-state index contributed by atoms with van der Waals surface area (Å²) < 4.78 is 0. The van der Waals surface area contributed by atoms with Gasteiger partial charge in [0, 0.05) is 11.6 Å². The molecule has 0 radical (unpaired) electrons. The van der Waals surface area contributed by atoms with Crippen molar-refractivity contribution < 1.29 is 4.79 Å². The van der Waals surface area contributed by atoms with Crippen LogP contribution in [0.15, 0.2) is 29.3 Å². The van der Waals surface area contributed by atoms with E-state index in [-0.39, 0.29) is 11.7 Å². The first-order valence-electron chi connectivity index (χ1n) is 6.89. The number of benzene rings is 1. The number of carbonyl (C=O) groups excluding carboxylic acids is 1. The summed E-state index contributed by atoms with van der Waals surface area (Å²) in [6, 6.07) is 9.41. The third kappa shape index (κ3) is 4.95. The average molecular weight is 347 g/mol. The lowest BCUT2D eigenvalue weighted by atomic mass is 10.2. The number of aromatic nitrogens is 2. The number of thioether (sulfide) groups is 1. The number of nitrogens with zero attached hydrogens (tertiary/aromatic N) is 3. The van der Waals surface area contributed by atoms with Crippen molar-refractivity contribution in [3.05, 3.63) is 51.9 Å². The minimum Gasteiger partial charge on any atom is -0.351 e. The highest BCUT2D eigenvalue weighted by molar-refractivity contribution is 8.00. The summed E-state index contributed by atoms with van der Waals surface area (Å²) in [7, 11) is 0. The number of halogens is 1. The zero-order chi connectivity index (χ0) is 16.8. The average Bonchev–Trinajstić information content (AvgIpc) is 2.50. The number of hydrogen-bond donors (Lipinski definition) is 1. The summed E-state index contributed by atoms with van der Waals surface area (Å²) in [4.78, 5) is 20.3. The number of amides is 1. The fraction of sp³-hybridized carbons (Fsp3) is 0.250. The molecule has 0 spiro atoms. The Bertz CT molecular complexity index is 773. The van der Waals surface area contributed by atoms with Crippen molar-refractivity contribution in [3.63, 3.8) is 0 Å². The van der Waals surface area contributed by atoms with Crippen LogP contribution in [0.25, 0.3) is 0 Å². The lowest BCUT2D eigenvalue weighted by molar-refractivity contribution is -0.118. The summed E-state index contributed by atoms with van der Waals surface area (Å²) in [5, 5.41) is 13.2. The molecule has 1 aromatic carbocycles. The second-order valence-corrected chi connectivity index (χ2v) is 6.24. The van der Waals surface area contributed by atoms with Crippen LogP contribution in [0, 0.1) is 25.2 Å². The Hall–Kier alpha value is -2.10. The Morgan fingerprint density at radius 3 is 2.87 bits per heavy atom. The van der Waals surface area contributed by atoms with E-state index in [4.69, 9.17) is 11.6 Å². The molecule has 1 N–H and O–H groups in total. The third-order valence-corrected chi connectivity index (χ3v) is 4.21. The number of hydrogen-bond acceptors (Lipinski definition) is 5. The molecular formula is C16H15ClN4OS. The van der Waals surface area contributed by atoms with E-state index >= 15 is 0 Å². The number of nitrogens with one attached hydrogen (secondary N) is 1. The van der Waals surface area contributed by atoms with Crippen molar-refractivity contribution in [2.75, 3.05) is 5.75 Å². The highest BCUT2D eigenvalue weighted by atomic mass is 35.5. The van der Waals surface area contributed by atoms with E-state index in [9.17, 15) is 10.1 Å². The minimum atomic E-state index is -0.132. The molecule has 0 fully saturated rings. The Labute approximate surface area is 144 Å². The Morgan fingerprint density at radius 2 is 2.17 bits per heavy atom. The molecule has 5 nitrogen and oxygen atoms in total. The van der Waals surface area contributed by atoms with Crippen molar-refractivity contribution in [2.45, 2.75) is 25.4 Å². The van der Waals surface area contributed by atoms with Crippen molar-refractivity contribution in [1.82, 2.24) is 15.3 Å². The first kappa shape index (κ1) is 17.3. The van der Waals surface area contributed by atoms with Gasteiger partial charge in [0.2, 0.25) is 5.91 Å². The van der Waals surface area contributed by atoms with Gasteiger partial charge in [-0.1, -0.05) is 35.5 Å². The lowest BCUT2D eigenvalue weighted by Gasteiger charge is -2.08. The molecule has 2 aromatic rings. The van der Waals surface area contributed by atoms with Crippen molar-refractivity contribution in [2.24, 2.45) is 0 Å². The summed E-state index contributed by atoms with van der Waals surface area (Å²) in [5.74, 6) is 0.640. The van der Waals surface area contributed by atoms with Crippen molar-refractivity contribution >= 4 is 29.3 Å². The van der Waals surface area contributed by atoms with Gasteiger partial charge in [-0.25, -0.2) is 9.97 Å². The summed E-state index contributed by atoms with van der Waals surface area (Å²) >= 11 is 7.14. The molecule has 23 heavy (non-hydrogen) atoms. The highest BCUT2D eigenvalue weighted by Gasteiger charge is 2.12. The molecule has 1 heterocycles. The Balaban J connectivity index is 1.94. The van der Waals surface area contributed by atoms with Crippen molar-refractivity contribution in [1.29, 1.82) is 5.26 Å². The maximum atomic E-state index is 12.0. The van der Waals surface area contributed by atoms with Gasteiger partial charge in [0.25, 0.3) is 0 Å². The fourth-order valence-electron chi connectivity index (χ4n) is 1.95. The van der Waals surface area contributed by atoms with Gasteiger partial charge in [0.15, 0.2) is 0 Å². The van der Waals surface area contributed by atoms with Gasteiger partial charge < -0.3 is 5.32 Å². The van der Waals surface area contributed by atoms with E-state index in [1.165, 1.54) is 11.8 Å². The molecule has 1 amide bonds. The van der Waals surface area contributed by atoms with E-state index in [2.05, 4.69) is 21.4 Å². The molecule has 0 aliphatic heterocycles. The maximum absolute atomic E-state index is 12.0. The molecule has 0 unspecified atom stereocenters. The molecule has 0 atom stereocenters. The van der Waals surface area contributed by atoms with Gasteiger partial charge in [-0.15, -0.1) is 0 Å². The van der Waals surface area contributed by atoms with Crippen LogP contribution in [-0.4, -0.2) is 21.6 Å². The zero-order valence-electron chi connectivity index (χ0n) is 12.8. The molecule has 0 bridgehead atoms. The number of rotatable bonds is 5. The predicted molar refractivity (Wildman–Crippen MR) is 90.2 cm³/mol. The van der Waals surface area contributed by atoms with Crippen LogP contribution in [0.3, 0.4) is 0 Å². The van der Waals surface area contributed by atoms with Crippen molar-refractivity contribution in [3.8, 4) is 6.07 Å². The van der Waals surface area contributed by atoms with E-state index < -0.39 is 0 Å². The molecule has 0 saturated heterocycles. The van der Waals surface area contributed by atoms with Crippen LogP contribution in [0.2, 0.25) is 5.02 Å². The third-order valence-electron chi connectivity index (χ3n) is 3.00. The molecule has 7 heteroatoms. The molecule has 1 aromatic heterocycles. The molecule has 0 aliphatic carbocycles. The molecule has 0 saturated carbocycles. The molecule has 118 valence electrons. The monoisotopic (exact) mass is 346 g/mol. The summed E-state index contributed by atoms with van der Waals surface area (Å²) in [6.45, 7) is 3.93. The smallest absolute Gasteiger partial charge is 0.230 e. The van der Waals surface area contributed by atoms with Gasteiger partial charge in [-0.3, -0.25) is 4.79 Å². The normalized spacial score (nSPS) is 10.2. The minimum absolute atomic E-state index is 0.132. The molecule has 0 aliphatic rings. The van der Waals surface area contributed by atoms with Gasteiger partial charge in [0.05, 0.1) is 11.4 Å². The van der Waals surface area contributed by atoms with Crippen LogP contribution in [0.5, 0.6) is 0 Å². The summed E-state index contributed by atoms with van der Waals surface area (Å²) in [5.41, 5.74) is 1.98. The Morgan fingerprint density at radius 1 is 1.39 bits per heavy atom. The molecular weight excluding hydrogens is 332 g/mol. The van der Waals surface area contributed by atoms with Gasteiger partial charge in [-0.05, 0) is 31.5 Å². The lowest BCUT2D eigenvalue weighted by Crippen LogP contribution is -2.24. The molecule has 2 rings (SSSR count). The number of carbonyl (C=O) groups is 1. The predicted octanol–water partition coefficient (Wildman–Crippen LogP) is 3.03. The van der Waals surface area contributed by atoms with E-state index in [1.807, 2.05) is 12.1 Å². The number of aryl methyl sites for hydroxylation is 2. The Kier molecular flexibility index (Phi) is 5.97. The first-order valence-corrected chi connectivity index (χ1v) is 8.25. The second-order valence-electron chi connectivity index (χ2n) is 4.84. The SMILES string of the molecule is Cc1nc(C)c(C#N)c(SCC(=O)NCc2cccc(Cl)c2)n1. The first-order chi connectivity index (χ1) is 11.0. The van der Waals surface area contributed by atoms with Crippen LogP contribution in [-0.2, 0) is 11.3 Å². The zero-order valence-corrected chi connectivity index (χ0v) is 14.3. The van der Waals surface area contributed by atoms with E-state index in [0.29, 0.717) is 33.7 Å². The van der Waals surface area contributed by atoms with E-state index in [1.54, 1.807) is 26.0 Å². The topological polar surface area (TPSA) is 78.7 Å². The quantitative estimate of drug-likeness (QED) is 0.665. The largest absolute Gasteiger partial charge is 0.351 e. The van der Waals surface area contributed by atoms with Gasteiger partial charge in [0.1, 0.15) is 22.5 Å².